The third-order valence-corrected chi connectivity index (χ3v) is 6.91. The molecule has 9 heteroatoms. The van der Waals surface area contributed by atoms with E-state index in [-0.39, 0.29) is 17.9 Å². The molecular weight excluding hydrogens is 454 g/mol. The van der Waals surface area contributed by atoms with Gasteiger partial charge in [-0.1, -0.05) is 38.8 Å². The molecule has 2 bridgehead atoms. The molecule has 2 N–H and O–H groups in total. The van der Waals surface area contributed by atoms with E-state index in [4.69, 9.17) is 5.73 Å². The van der Waals surface area contributed by atoms with Crippen molar-refractivity contribution in [2.24, 2.45) is 0 Å². The fourth-order valence-electron chi connectivity index (χ4n) is 4.96. The second kappa shape index (κ2) is 11.5. The first-order chi connectivity index (χ1) is 17.4. The normalized spacial score (nSPS) is 15.9. The number of aldehydes is 1. The highest BCUT2D eigenvalue weighted by molar-refractivity contribution is 5.94. The third kappa shape index (κ3) is 5.51. The van der Waals surface area contributed by atoms with E-state index >= 15 is 0 Å². The molecule has 4 rings (SSSR count). The highest BCUT2D eigenvalue weighted by atomic mass is 16.2. The number of carbonyl (C=O) groups excluding carboxylic acids is 2. The number of carbonyl (C=O) groups is 2. The Bertz CT molecular complexity index is 1090. The minimum absolute atomic E-state index is 0.0781. The minimum atomic E-state index is 0.0781. The quantitative estimate of drug-likeness (QED) is 0.533. The van der Waals surface area contributed by atoms with Crippen LogP contribution in [0.1, 0.15) is 71.5 Å². The van der Waals surface area contributed by atoms with Crippen LogP contribution in [-0.2, 0) is 6.54 Å². The molecule has 0 atom stereocenters. The Balaban J connectivity index is 1.61. The van der Waals surface area contributed by atoms with Crippen LogP contribution in [0.15, 0.2) is 30.5 Å². The van der Waals surface area contributed by atoms with E-state index in [0.717, 1.165) is 63.7 Å². The Kier molecular flexibility index (Phi) is 8.20. The first-order valence-corrected chi connectivity index (χ1v) is 12.9. The zero-order valence-corrected chi connectivity index (χ0v) is 21.6. The first-order valence-electron chi connectivity index (χ1n) is 12.9. The number of hydrogen-bond donors (Lipinski definition) is 1. The van der Waals surface area contributed by atoms with Crippen molar-refractivity contribution in [1.29, 1.82) is 0 Å². The Morgan fingerprint density at radius 1 is 1.06 bits per heavy atom. The van der Waals surface area contributed by atoms with Crippen molar-refractivity contribution >= 4 is 30.0 Å². The topological polar surface area (TPSA) is 98.9 Å². The van der Waals surface area contributed by atoms with Crippen LogP contribution in [0.3, 0.4) is 0 Å². The van der Waals surface area contributed by atoms with Gasteiger partial charge in [-0.05, 0) is 43.7 Å². The van der Waals surface area contributed by atoms with Gasteiger partial charge in [-0.25, -0.2) is 4.98 Å². The lowest BCUT2D eigenvalue weighted by molar-refractivity contribution is 0.0664. The molecule has 0 radical (unpaired) electrons. The molecule has 1 aromatic heterocycles. The zero-order valence-electron chi connectivity index (χ0n) is 21.6. The number of hydrazine groups is 1. The Morgan fingerprint density at radius 2 is 1.72 bits per heavy atom. The van der Waals surface area contributed by atoms with Gasteiger partial charge in [0.15, 0.2) is 12.1 Å². The number of nitrogens with zero attached hydrogens (tertiary/aromatic N) is 6. The molecular formula is C27H37N7O2. The maximum absolute atomic E-state index is 13.0. The molecule has 2 aromatic rings. The Hall–Kier alpha value is -3.46. The van der Waals surface area contributed by atoms with Gasteiger partial charge >= 0.3 is 0 Å². The van der Waals surface area contributed by atoms with Crippen molar-refractivity contribution in [1.82, 2.24) is 24.8 Å². The summed E-state index contributed by atoms with van der Waals surface area (Å²) in [5, 5.41) is 4.21. The van der Waals surface area contributed by atoms with Crippen LogP contribution in [0.2, 0.25) is 0 Å². The van der Waals surface area contributed by atoms with Gasteiger partial charge < -0.3 is 15.5 Å². The summed E-state index contributed by atoms with van der Waals surface area (Å²) in [5.74, 6) is 0.779. The highest BCUT2D eigenvalue weighted by Gasteiger charge is 2.30. The van der Waals surface area contributed by atoms with Crippen LogP contribution in [0.4, 0.5) is 11.8 Å². The molecule has 0 spiro atoms. The Morgan fingerprint density at radius 3 is 2.33 bits per heavy atom. The minimum Gasteiger partial charge on any atom is -0.368 e. The molecule has 1 amide bonds. The van der Waals surface area contributed by atoms with Crippen LogP contribution in [0.25, 0.3) is 6.08 Å². The number of nitrogens with two attached hydrogens (primary N) is 1. The molecule has 1 aromatic carbocycles. The number of likely N-dealkylation sites (N-methyl/N-ethyl adjacent to an activating group) is 1. The van der Waals surface area contributed by atoms with Gasteiger partial charge in [0.2, 0.25) is 5.95 Å². The van der Waals surface area contributed by atoms with Crippen molar-refractivity contribution in [3.05, 3.63) is 52.8 Å². The van der Waals surface area contributed by atoms with Crippen molar-refractivity contribution < 1.29 is 9.59 Å². The summed E-state index contributed by atoms with van der Waals surface area (Å²) in [5.41, 5.74) is 8.76. The summed E-state index contributed by atoms with van der Waals surface area (Å²) in [6, 6.07) is 7.98. The number of anilines is 2. The highest BCUT2D eigenvalue weighted by Crippen LogP contribution is 2.32. The average Bonchev–Trinajstić information content (AvgIpc) is 2.96. The molecule has 1 fully saturated rings. The van der Waals surface area contributed by atoms with E-state index in [0.29, 0.717) is 29.2 Å². The number of aromatic nitrogens is 2. The van der Waals surface area contributed by atoms with Crippen molar-refractivity contribution in [3.8, 4) is 0 Å². The van der Waals surface area contributed by atoms with E-state index in [1.807, 2.05) is 41.4 Å². The average molecular weight is 492 g/mol. The lowest BCUT2D eigenvalue weighted by Crippen LogP contribution is -2.47. The molecule has 0 aliphatic carbocycles. The first kappa shape index (κ1) is 25.6. The molecule has 2 aliphatic rings. The number of rotatable bonds is 9. The van der Waals surface area contributed by atoms with E-state index in [2.05, 4.69) is 45.8 Å². The number of fused-ring (bicyclic) bond motifs is 2. The number of benzene rings is 1. The summed E-state index contributed by atoms with van der Waals surface area (Å²) in [6.45, 7) is 8.18. The predicted molar refractivity (Wildman–Crippen MR) is 142 cm³/mol. The number of hydrogen-bond acceptors (Lipinski definition) is 8. The van der Waals surface area contributed by atoms with E-state index in [9.17, 15) is 9.59 Å². The zero-order chi connectivity index (χ0) is 25.7. The second-order valence-corrected chi connectivity index (χ2v) is 9.60. The van der Waals surface area contributed by atoms with E-state index in [1.165, 1.54) is 0 Å². The molecule has 1 saturated heterocycles. The van der Waals surface area contributed by atoms with E-state index < -0.39 is 0 Å². The van der Waals surface area contributed by atoms with Crippen molar-refractivity contribution in [3.63, 3.8) is 0 Å². The van der Waals surface area contributed by atoms with Gasteiger partial charge in [0.25, 0.3) is 5.91 Å². The largest absolute Gasteiger partial charge is 0.368 e. The fourth-order valence-corrected chi connectivity index (χ4v) is 4.96. The SMILES string of the molecule is CCCC(CCC)N1c2nc(N)nc(c2C=O)C=CN1Cc1ccc(C(=O)N2CCN(C)CC2)cc1. The van der Waals surface area contributed by atoms with Crippen molar-refractivity contribution in [2.75, 3.05) is 44.0 Å². The van der Waals surface area contributed by atoms with Gasteiger partial charge in [0.05, 0.1) is 23.8 Å². The van der Waals surface area contributed by atoms with Crippen LogP contribution in [0, 0.1) is 0 Å². The molecule has 9 nitrogen and oxygen atoms in total. The summed E-state index contributed by atoms with van der Waals surface area (Å²) in [7, 11) is 2.08. The lowest BCUT2D eigenvalue weighted by Gasteiger charge is -2.40. The monoisotopic (exact) mass is 491 g/mol. The summed E-state index contributed by atoms with van der Waals surface area (Å²) in [4.78, 5) is 38.0. The lowest BCUT2D eigenvalue weighted by atomic mass is 10.1. The Labute approximate surface area is 213 Å². The van der Waals surface area contributed by atoms with Crippen LogP contribution >= 0.6 is 0 Å². The maximum Gasteiger partial charge on any atom is 0.253 e. The van der Waals surface area contributed by atoms with Crippen LogP contribution in [-0.4, -0.2) is 76.2 Å². The van der Waals surface area contributed by atoms with Gasteiger partial charge in [-0.3, -0.25) is 19.6 Å². The second-order valence-electron chi connectivity index (χ2n) is 9.60. The molecule has 0 saturated carbocycles. The van der Waals surface area contributed by atoms with Gasteiger partial charge in [0.1, 0.15) is 0 Å². The smallest absolute Gasteiger partial charge is 0.253 e. The van der Waals surface area contributed by atoms with E-state index in [1.54, 1.807) is 0 Å². The van der Waals surface area contributed by atoms with Crippen molar-refractivity contribution in [2.45, 2.75) is 52.1 Å². The molecule has 192 valence electrons. The summed E-state index contributed by atoms with van der Waals surface area (Å²) < 4.78 is 0. The molecule has 2 aliphatic heterocycles. The fraction of sp³-hybridized carbons (Fsp3) is 0.481. The third-order valence-electron chi connectivity index (χ3n) is 6.91. The van der Waals surface area contributed by atoms with Gasteiger partial charge in [0, 0.05) is 37.9 Å². The number of amides is 1. The summed E-state index contributed by atoms with van der Waals surface area (Å²) in [6.07, 6.45) is 8.51. The standard InChI is InChI=1S/C27H37N7O2/c1-4-6-22(7-5-2)34-25-23(19-35)24(29-27(28)30-25)12-13-33(34)18-20-8-10-21(11-9-20)26(36)32-16-14-31(3)15-17-32/h8-13,19,22H,4-7,14-18H2,1-3H3,(H2,28,29,30). The molecule has 36 heavy (non-hydrogen) atoms. The number of nitrogen functional groups attached to an aromatic ring is 1. The van der Waals surface area contributed by atoms with Gasteiger partial charge in [-0.2, -0.15) is 4.98 Å². The van der Waals surface area contributed by atoms with Crippen LogP contribution in [0.5, 0.6) is 0 Å². The number of piperazine rings is 1. The maximum atomic E-state index is 13.0. The van der Waals surface area contributed by atoms with Crippen LogP contribution < -0.4 is 10.7 Å². The summed E-state index contributed by atoms with van der Waals surface area (Å²) >= 11 is 0. The molecule has 3 heterocycles. The van der Waals surface area contributed by atoms with Gasteiger partial charge in [-0.15, -0.1) is 0 Å². The predicted octanol–water partition coefficient (Wildman–Crippen LogP) is 3.44. The molecule has 0 unspecified atom stereocenters.